The predicted molar refractivity (Wildman–Crippen MR) is 123 cm³/mol. The Kier molecular flexibility index (Phi) is 7.75. The van der Waals surface area contributed by atoms with Gasteiger partial charge in [-0.3, -0.25) is 9.59 Å². The second-order valence-corrected chi connectivity index (χ2v) is 7.61. The van der Waals surface area contributed by atoms with Crippen LogP contribution in [0.15, 0.2) is 84.9 Å². The number of hydrogen-bond acceptors (Lipinski definition) is 3. The zero-order valence-electron chi connectivity index (χ0n) is 17.8. The quantitative estimate of drug-likeness (QED) is 0.486. The first-order valence-electron chi connectivity index (χ1n) is 10.4. The molecule has 6 heteroatoms. The van der Waals surface area contributed by atoms with Crippen molar-refractivity contribution < 1.29 is 19.5 Å². The van der Waals surface area contributed by atoms with Gasteiger partial charge in [-0.15, -0.1) is 0 Å². The highest BCUT2D eigenvalue weighted by Crippen LogP contribution is 2.19. The molecule has 0 unspecified atom stereocenters. The molecule has 0 fully saturated rings. The Morgan fingerprint density at radius 1 is 0.688 bits per heavy atom. The molecule has 6 nitrogen and oxygen atoms in total. The average molecular weight is 431 g/mol. The Balaban J connectivity index is 1.69. The minimum atomic E-state index is -1.13. The van der Waals surface area contributed by atoms with Crippen molar-refractivity contribution in [2.75, 3.05) is 0 Å². The van der Waals surface area contributed by atoms with E-state index in [2.05, 4.69) is 10.6 Å². The van der Waals surface area contributed by atoms with Crippen molar-refractivity contribution in [3.05, 3.63) is 96.1 Å². The van der Waals surface area contributed by atoms with E-state index in [4.69, 9.17) is 0 Å². The van der Waals surface area contributed by atoms with Gasteiger partial charge in [0.25, 0.3) is 0 Å². The van der Waals surface area contributed by atoms with Gasteiger partial charge >= 0.3 is 5.97 Å². The van der Waals surface area contributed by atoms with Crippen molar-refractivity contribution in [3.8, 4) is 11.1 Å². The molecule has 32 heavy (non-hydrogen) atoms. The van der Waals surface area contributed by atoms with E-state index in [1.54, 1.807) is 0 Å². The number of carbonyl (C=O) groups is 3. The molecule has 3 aromatic rings. The molecule has 0 aromatic heterocycles. The largest absolute Gasteiger partial charge is 0.480 e. The number of nitrogens with one attached hydrogen (secondary N) is 2. The number of hydrogen-bond donors (Lipinski definition) is 3. The molecule has 0 saturated heterocycles. The molecular weight excluding hydrogens is 404 g/mol. The van der Waals surface area contributed by atoms with Gasteiger partial charge in [0.2, 0.25) is 11.8 Å². The number of carboxylic acids is 1. The summed E-state index contributed by atoms with van der Waals surface area (Å²) in [6.45, 7) is 1.33. The Morgan fingerprint density at radius 3 is 1.75 bits per heavy atom. The van der Waals surface area contributed by atoms with Crippen LogP contribution >= 0.6 is 0 Å². The third-order valence-corrected chi connectivity index (χ3v) is 5.09. The Hall–Kier alpha value is -3.93. The van der Waals surface area contributed by atoms with Crippen molar-refractivity contribution in [1.29, 1.82) is 0 Å². The van der Waals surface area contributed by atoms with Gasteiger partial charge in [0, 0.05) is 19.8 Å². The first kappa shape index (κ1) is 22.7. The summed E-state index contributed by atoms with van der Waals surface area (Å²) in [5, 5.41) is 14.9. The molecule has 2 atom stereocenters. The molecule has 2 amide bonds. The summed E-state index contributed by atoms with van der Waals surface area (Å²) in [5.41, 5.74) is 3.75. The monoisotopic (exact) mass is 430 g/mol. The van der Waals surface area contributed by atoms with Gasteiger partial charge in [-0.2, -0.15) is 0 Å². The lowest BCUT2D eigenvalue weighted by atomic mass is 10.00. The van der Waals surface area contributed by atoms with Crippen LogP contribution in [0.5, 0.6) is 0 Å². The first-order chi connectivity index (χ1) is 15.4. The highest BCUT2D eigenvalue weighted by Gasteiger charge is 2.26. The van der Waals surface area contributed by atoms with E-state index < -0.39 is 24.0 Å². The van der Waals surface area contributed by atoms with Gasteiger partial charge in [-0.25, -0.2) is 4.79 Å². The third kappa shape index (κ3) is 6.54. The SMILES string of the molecule is CC(=O)N[C@H](Cc1ccccc1)C(=O)N[C@@H](Cc1ccc(-c2ccccc2)cc1)C(=O)O. The van der Waals surface area contributed by atoms with Crippen LogP contribution in [0.3, 0.4) is 0 Å². The molecule has 0 aliphatic carbocycles. The molecule has 0 radical (unpaired) electrons. The van der Waals surface area contributed by atoms with Gasteiger partial charge in [-0.1, -0.05) is 84.9 Å². The number of amides is 2. The maximum absolute atomic E-state index is 12.8. The number of carboxylic acid groups (broad SMARTS) is 1. The van der Waals surface area contributed by atoms with Crippen LogP contribution in [0.1, 0.15) is 18.1 Å². The van der Waals surface area contributed by atoms with Crippen molar-refractivity contribution in [2.45, 2.75) is 31.8 Å². The predicted octanol–water partition coefficient (Wildman–Crippen LogP) is 3.21. The zero-order valence-corrected chi connectivity index (χ0v) is 17.8. The lowest BCUT2D eigenvalue weighted by Gasteiger charge is -2.21. The molecule has 0 aliphatic rings. The molecule has 0 heterocycles. The summed E-state index contributed by atoms with van der Waals surface area (Å²) in [6, 6.07) is 24.7. The molecule has 3 rings (SSSR count). The zero-order chi connectivity index (χ0) is 22.9. The lowest BCUT2D eigenvalue weighted by molar-refractivity contribution is -0.142. The Bertz CT molecular complexity index is 1050. The molecular formula is C26H26N2O4. The normalized spacial score (nSPS) is 12.4. The van der Waals surface area contributed by atoms with Crippen molar-refractivity contribution in [1.82, 2.24) is 10.6 Å². The summed E-state index contributed by atoms with van der Waals surface area (Å²) in [4.78, 5) is 36.3. The molecule has 3 N–H and O–H groups in total. The fourth-order valence-electron chi connectivity index (χ4n) is 3.48. The molecule has 164 valence electrons. The number of aliphatic carboxylic acids is 1. The minimum absolute atomic E-state index is 0.133. The Labute approximate surface area is 187 Å². The molecule has 0 saturated carbocycles. The van der Waals surface area contributed by atoms with Crippen molar-refractivity contribution >= 4 is 17.8 Å². The maximum atomic E-state index is 12.8. The molecule has 0 bridgehead atoms. The van der Waals surface area contributed by atoms with Gasteiger partial charge in [0.1, 0.15) is 12.1 Å². The van der Waals surface area contributed by atoms with Crippen LogP contribution in [0.25, 0.3) is 11.1 Å². The second-order valence-electron chi connectivity index (χ2n) is 7.61. The van der Waals surface area contributed by atoms with E-state index in [0.717, 1.165) is 22.3 Å². The number of carbonyl (C=O) groups excluding carboxylic acids is 2. The van der Waals surface area contributed by atoms with Gasteiger partial charge in [-0.05, 0) is 22.3 Å². The Morgan fingerprint density at radius 2 is 1.19 bits per heavy atom. The van der Waals surface area contributed by atoms with Crippen LogP contribution in [-0.4, -0.2) is 35.0 Å². The van der Waals surface area contributed by atoms with Crippen LogP contribution in [0.4, 0.5) is 0 Å². The van der Waals surface area contributed by atoms with Gasteiger partial charge < -0.3 is 15.7 Å². The van der Waals surface area contributed by atoms with Gasteiger partial charge in [0.15, 0.2) is 0 Å². The van der Waals surface area contributed by atoms with E-state index in [1.807, 2.05) is 84.9 Å². The van der Waals surface area contributed by atoms with E-state index in [-0.39, 0.29) is 18.7 Å². The standard InChI is InChI=1S/C26H26N2O4/c1-18(29)27-23(16-19-8-4-2-5-9-19)25(30)28-24(26(31)32)17-20-12-14-22(15-13-20)21-10-6-3-7-11-21/h2-15,23-24H,16-17H2,1H3,(H,27,29)(H,28,30)(H,31,32)/t23-,24+/m1/s1. The summed E-state index contributed by atoms with van der Waals surface area (Å²) in [6.07, 6.45) is 0.401. The first-order valence-corrected chi connectivity index (χ1v) is 10.4. The van der Waals surface area contributed by atoms with Crippen LogP contribution in [0.2, 0.25) is 0 Å². The lowest BCUT2D eigenvalue weighted by Crippen LogP contribution is -2.52. The van der Waals surface area contributed by atoms with E-state index in [9.17, 15) is 19.5 Å². The topological polar surface area (TPSA) is 95.5 Å². The number of rotatable bonds is 9. The molecule has 0 aliphatic heterocycles. The van der Waals surface area contributed by atoms with E-state index in [0.29, 0.717) is 0 Å². The smallest absolute Gasteiger partial charge is 0.326 e. The summed E-state index contributed by atoms with van der Waals surface area (Å²) in [5.74, 6) is -2.02. The van der Waals surface area contributed by atoms with Crippen molar-refractivity contribution in [2.24, 2.45) is 0 Å². The fraction of sp³-hybridized carbons (Fsp3) is 0.192. The summed E-state index contributed by atoms with van der Waals surface area (Å²) >= 11 is 0. The van der Waals surface area contributed by atoms with E-state index in [1.165, 1.54) is 6.92 Å². The highest BCUT2D eigenvalue weighted by atomic mass is 16.4. The number of benzene rings is 3. The summed E-state index contributed by atoms with van der Waals surface area (Å²) in [7, 11) is 0. The summed E-state index contributed by atoms with van der Waals surface area (Å²) < 4.78 is 0. The van der Waals surface area contributed by atoms with E-state index >= 15 is 0 Å². The fourth-order valence-corrected chi connectivity index (χ4v) is 3.48. The van der Waals surface area contributed by atoms with Crippen LogP contribution < -0.4 is 10.6 Å². The molecule has 3 aromatic carbocycles. The average Bonchev–Trinajstić information content (AvgIpc) is 2.79. The van der Waals surface area contributed by atoms with Gasteiger partial charge in [0.05, 0.1) is 0 Å². The van der Waals surface area contributed by atoms with Crippen LogP contribution in [-0.2, 0) is 27.2 Å². The van der Waals surface area contributed by atoms with Crippen molar-refractivity contribution in [3.63, 3.8) is 0 Å². The van der Waals surface area contributed by atoms with Crippen LogP contribution in [0, 0.1) is 0 Å². The maximum Gasteiger partial charge on any atom is 0.326 e. The highest BCUT2D eigenvalue weighted by molar-refractivity contribution is 5.90. The third-order valence-electron chi connectivity index (χ3n) is 5.09. The molecule has 0 spiro atoms. The minimum Gasteiger partial charge on any atom is -0.480 e. The second kappa shape index (κ2) is 10.9.